The van der Waals surface area contributed by atoms with Gasteiger partial charge in [-0.25, -0.2) is 0 Å². The van der Waals surface area contributed by atoms with E-state index in [1.807, 2.05) is 0 Å². The first-order valence-corrected chi connectivity index (χ1v) is 4.71. The van der Waals surface area contributed by atoms with Crippen LogP contribution in [0.5, 0.6) is 0 Å². The quantitative estimate of drug-likeness (QED) is 0.468. The first-order chi connectivity index (χ1) is 5.99. The molecule has 0 aromatic heterocycles. The smallest absolute Gasteiger partial charge is 0.123 e. The highest BCUT2D eigenvalue weighted by molar-refractivity contribution is 5.15. The van der Waals surface area contributed by atoms with Gasteiger partial charge in [0.1, 0.15) is 5.60 Å². The fourth-order valence-corrected chi connectivity index (χ4v) is 2.23. The van der Waals surface area contributed by atoms with Crippen molar-refractivity contribution in [2.75, 3.05) is 0 Å². The predicted molar refractivity (Wildman–Crippen MR) is 45.1 cm³/mol. The highest BCUT2D eigenvalue weighted by Gasteiger charge is 2.65. The van der Waals surface area contributed by atoms with E-state index in [1.54, 1.807) is 13.8 Å². The summed E-state index contributed by atoms with van der Waals surface area (Å²) >= 11 is 0. The molecule has 6 atom stereocenters. The Morgan fingerprint density at radius 3 is 2.23 bits per heavy atom. The molecule has 0 radical (unpaired) electrons. The van der Waals surface area contributed by atoms with Crippen molar-refractivity contribution in [1.29, 1.82) is 0 Å². The third-order valence-electron chi connectivity index (χ3n) is 3.34. The second-order valence-corrected chi connectivity index (χ2v) is 4.29. The van der Waals surface area contributed by atoms with E-state index in [0.29, 0.717) is 6.42 Å². The molecule has 1 heterocycles. The van der Waals surface area contributed by atoms with Crippen molar-refractivity contribution < 1.29 is 20.1 Å². The van der Waals surface area contributed by atoms with Gasteiger partial charge in [-0.3, -0.25) is 0 Å². The van der Waals surface area contributed by atoms with Crippen LogP contribution in [-0.4, -0.2) is 45.3 Å². The van der Waals surface area contributed by atoms with E-state index in [1.165, 1.54) is 0 Å². The monoisotopic (exact) mass is 188 g/mol. The standard InChI is InChI=1S/C9H16O4/c1-4-7(11)5(2)13-9(8(4)12)3-6(9)10/h4-8,10-12H,3H2,1-2H3/t4?,5?,6?,7-,8+,9?/m1/s1. The fourth-order valence-electron chi connectivity index (χ4n) is 2.23. The van der Waals surface area contributed by atoms with Crippen molar-refractivity contribution in [1.82, 2.24) is 0 Å². The van der Waals surface area contributed by atoms with E-state index in [9.17, 15) is 15.3 Å². The van der Waals surface area contributed by atoms with Crippen LogP contribution in [0.25, 0.3) is 0 Å². The second-order valence-electron chi connectivity index (χ2n) is 4.29. The van der Waals surface area contributed by atoms with Gasteiger partial charge in [0, 0.05) is 12.3 Å². The highest BCUT2D eigenvalue weighted by atomic mass is 16.6. The Bertz CT molecular complexity index is 220. The molecule has 1 saturated heterocycles. The average molecular weight is 188 g/mol. The van der Waals surface area contributed by atoms with Gasteiger partial charge < -0.3 is 20.1 Å². The van der Waals surface area contributed by atoms with Gasteiger partial charge in [-0.15, -0.1) is 0 Å². The molecule has 1 aliphatic heterocycles. The van der Waals surface area contributed by atoms with Crippen molar-refractivity contribution in [3.05, 3.63) is 0 Å². The first kappa shape index (κ1) is 9.40. The molecule has 0 bridgehead atoms. The zero-order valence-corrected chi connectivity index (χ0v) is 7.84. The van der Waals surface area contributed by atoms with Crippen molar-refractivity contribution >= 4 is 0 Å². The van der Waals surface area contributed by atoms with Crippen LogP contribution in [-0.2, 0) is 4.74 Å². The lowest BCUT2D eigenvalue weighted by atomic mass is 9.86. The Kier molecular flexibility index (Phi) is 1.93. The van der Waals surface area contributed by atoms with Crippen molar-refractivity contribution in [3.8, 4) is 0 Å². The van der Waals surface area contributed by atoms with Crippen molar-refractivity contribution in [3.63, 3.8) is 0 Å². The van der Waals surface area contributed by atoms with Gasteiger partial charge in [0.05, 0.1) is 24.4 Å². The normalized spacial score (nSPS) is 61.2. The lowest BCUT2D eigenvalue weighted by Crippen LogP contribution is -2.55. The topological polar surface area (TPSA) is 69.9 Å². The SMILES string of the molecule is CC1OC2(CC2O)[C@@H](O)C(C)[C@H]1O. The maximum absolute atomic E-state index is 9.78. The molecule has 0 aromatic carbocycles. The number of ether oxygens (including phenoxy) is 1. The average Bonchev–Trinajstić information content (AvgIpc) is 2.71. The maximum atomic E-state index is 9.78. The molecular formula is C9H16O4. The first-order valence-electron chi connectivity index (χ1n) is 4.71. The van der Waals surface area contributed by atoms with E-state index < -0.39 is 23.9 Å². The summed E-state index contributed by atoms with van der Waals surface area (Å²) < 4.78 is 5.44. The van der Waals surface area contributed by atoms with Gasteiger partial charge in [0.25, 0.3) is 0 Å². The van der Waals surface area contributed by atoms with Gasteiger partial charge >= 0.3 is 0 Å². The van der Waals surface area contributed by atoms with Gasteiger partial charge in [-0.1, -0.05) is 6.92 Å². The zero-order valence-electron chi connectivity index (χ0n) is 7.84. The summed E-state index contributed by atoms with van der Waals surface area (Å²) in [6.07, 6.45) is -1.80. The summed E-state index contributed by atoms with van der Waals surface area (Å²) in [7, 11) is 0. The van der Waals surface area contributed by atoms with Crippen LogP contribution in [0.4, 0.5) is 0 Å². The highest BCUT2D eigenvalue weighted by Crippen LogP contribution is 2.49. The summed E-state index contributed by atoms with van der Waals surface area (Å²) in [6.45, 7) is 3.54. The Morgan fingerprint density at radius 1 is 1.23 bits per heavy atom. The Morgan fingerprint density at radius 2 is 1.77 bits per heavy atom. The molecular weight excluding hydrogens is 172 g/mol. The number of hydrogen-bond acceptors (Lipinski definition) is 4. The Hall–Kier alpha value is -0.160. The van der Waals surface area contributed by atoms with Gasteiger partial charge in [-0.2, -0.15) is 0 Å². The molecule has 1 aliphatic carbocycles. The van der Waals surface area contributed by atoms with Crippen LogP contribution in [0.1, 0.15) is 20.3 Å². The molecule has 4 unspecified atom stereocenters. The summed E-state index contributed by atoms with van der Waals surface area (Å²) in [6, 6.07) is 0. The maximum Gasteiger partial charge on any atom is 0.123 e. The Labute approximate surface area is 77.1 Å². The van der Waals surface area contributed by atoms with Crippen molar-refractivity contribution in [2.24, 2.45) is 5.92 Å². The summed E-state index contributed by atoms with van der Waals surface area (Å²) in [5.41, 5.74) is -0.780. The zero-order chi connectivity index (χ0) is 9.80. The Balaban J connectivity index is 2.17. The van der Waals surface area contributed by atoms with Crippen LogP contribution >= 0.6 is 0 Å². The van der Waals surface area contributed by atoms with Crippen LogP contribution < -0.4 is 0 Å². The molecule has 0 aromatic rings. The van der Waals surface area contributed by atoms with Gasteiger partial charge in [-0.05, 0) is 6.92 Å². The molecule has 0 amide bonds. The van der Waals surface area contributed by atoms with E-state index in [2.05, 4.69) is 0 Å². The molecule has 4 heteroatoms. The fraction of sp³-hybridized carbons (Fsp3) is 1.00. The van der Waals surface area contributed by atoms with Crippen LogP contribution in [0.15, 0.2) is 0 Å². The predicted octanol–water partition coefficient (Wildman–Crippen LogP) is -0.734. The van der Waals surface area contributed by atoms with E-state index in [-0.39, 0.29) is 12.0 Å². The molecule has 2 fully saturated rings. The lowest BCUT2D eigenvalue weighted by molar-refractivity contribution is -0.213. The summed E-state index contributed by atoms with van der Waals surface area (Å²) in [4.78, 5) is 0. The van der Waals surface area contributed by atoms with Crippen molar-refractivity contribution in [2.45, 2.75) is 50.3 Å². The van der Waals surface area contributed by atoms with Gasteiger partial charge in [0.15, 0.2) is 0 Å². The van der Waals surface area contributed by atoms with Crippen LogP contribution in [0.2, 0.25) is 0 Å². The largest absolute Gasteiger partial charge is 0.390 e. The molecule has 4 nitrogen and oxygen atoms in total. The second kappa shape index (κ2) is 2.67. The minimum Gasteiger partial charge on any atom is -0.390 e. The molecule has 1 spiro atoms. The summed E-state index contributed by atoms with van der Waals surface area (Å²) in [5.74, 6) is -0.235. The van der Waals surface area contributed by atoms with Crippen LogP contribution in [0.3, 0.4) is 0 Å². The molecule has 1 saturated carbocycles. The lowest BCUT2D eigenvalue weighted by Gasteiger charge is -2.41. The summed E-state index contributed by atoms with van der Waals surface area (Å²) in [5, 5.41) is 28.7. The molecule has 76 valence electrons. The number of aliphatic hydroxyl groups is 3. The number of aliphatic hydroxyl groups excluding tert-OH is 3. The molecule has 2 rings (SSSR count). The number of hydrogen-bond donors (Lipinski definition) is 3. The van der Waals surface area contributed by atoms with E-state index in [4.69, 9.17) is 4.74 Å². The third kappa shape index (κ3) is 1.13. The third-order valence-corrected chi connectivity index (χ3v) is 3.34. The minimum absolute atomic E-state index is 0.235. The molecule has 3 N–H and O–H groups in total. The minimum atomic E-state index is -0.780. The van der Waals surface area contributed by atoms with Crippen LogP contribution in [0, 0.1) is 5.92 Å². The molecule has 2 aliphatic rings. The van der Waals surface area contributed by atoms with E-state index in [0.717, 1.165) is 0 Å². The molecule has 13 heavy (non-hydrogen) atoms. The van der Waals surface area contributed by atoms with E-state index >= 15 is 0 Å². The number of rotatable bonds is 0. The van der Waals surface area contributed by atoms with Gasteiger partial charge in [0.2, 0.25) is 0 Å².